The fourth-order valence-corrected chi connectivity index (χ4v) is 103. The minimum absolute atomic E-state index is 0.347. The predicted octanol–water partition coefficient (Wildman–Crippen LogP) is 24.1. The van der Waals surface area contributed by atoms with Gasteiger partial charge in [-0.15, -0.1) is 19.7 Å². The van der Waals surface area contributed by atoms with Crippen LogP contribution < -0.4 is 0 Å². The van der Waals surface area contributed by atoms with E-state index in [4.69, 9.17) is 91.2 Å². The molecule has 0 spiro atoms. The van der Waals surface area contributed by atoms with E-state index in [2.05, 4.69) is 341 Å². The maximum atomic E-state index is 11.6. The minimum Gasteiger partial charge on any atom is -0.462 e. The molecule has 0 aliphatic rings. The lowest BCUT2D eigenvalue weighted by atomic mass is 10.4. The summed E-state index contributed by atoms with van der Waals surface area (Å²) in [4.78, 5) is 11.6. The Bertz CT molecular complexity index is 2740. The van der Waals surface area contributed by atoms with Gasteiger partial charge in [0.15, 0.2) is 125 Å². The van der Waals surface area contributed by atoms with Gasteiger partial charge in [-0.05, 0) is 340 Å². The van der Waals surface area contributed by atoms with Crippen LogP contribution in [0.3, 0.4) is 0 Å². The van der Waals surface area contributed by atoms with Gasteiger partial charge in [0.25, 0.3) is 0 Å². The molecule has 0 aliphatic heterocycles. The SMILES string of the molecule is C=C(C)C(=O)OCCC[Si](C)(C)O[Si](O[Si](C)(C)C)(O[Si](C)(C)C)O[Si](C)(C)C.C=C[Si](C)(C)O[Si](C)(O[Si](C)(O[Si](C)(C)C)O[Si](C)(C)C)O[Si](C)(O[Si](C)(C)C)O[Si](C)(C)C.C=C[Si](C)(C)O[Si](O[Si](C)(C)C)(O[Si](C)(C)C)O[Si](C)(C)C.C=C[Si](C)(O[Si](C)(O[Si](C)(C)C)O[Si](C)(C)C)O[Si](C)(O[Si](C)(C)C)O[Si](C)(C)C. The molecule has 0 aromatic heterocycles. The Morgan fingerprint density at radius 1 is 0.235 bits per heavy atom. The molecule has 115 heavy (non-hydrogen) atoms. The average Bonchev–Trinajstić information content (AvgIpc) is 0.779. The number of rotatable bonds is 50. The highest BCUT2D eigenvalue weighted by Crippen LogP contribution is 2.38. The quantitative estimate of drug-likeness (QED) is 0.0239. The van der Waals surface area contributed by atoms with E-state index in [1.807, 2.05) is 56.4 Å². The number of esters is 1. The Balaban J connectivity index is -0.000000721. The van der Waals surface area contributed by atoms with Crippen LogP contribution in [0.4, 0.5) is 0 Å². The third-order valence-corrected chi connectivity index (χ3v) is 90.6. The van der Waals surface area contributed by atoms with Gasteiger partial charge >= 0.3 is 76.6 Å². The normalized spacial score (nSPS) is 15.1. The van der Waals surface area contributed by atoms with Crippen LogP contribution in [0.1, 0.15) is 13.3 Å². The van der Waals surface area contributed by atoms with Crippen LogP contribution in [0, 0.1) is 0 Å². The Kier molecular flexibility index (Phi) is 48.7. The molecule has 0 rings (SSSR count). The van der Waals surface area contributed by atoms with E-state index in [0.717, 1.165) is 12.5 Å². The highest BCUT2D eigenvalue weighted by molar-refractivity contribution is 6.98. The summed E-state index contributed by atoms with van der Waals surface area (Å²) in [6, 6.07) is 0.824. The first kappa shape index (κ1) is 124. The van der Waals surface area contributed by atoms with Crippen molar-refractivity contribution in [1.82, 2.24) is 0 Å². The molecule has 0 saturated carbocycles. The molecular formula is C67H182O23Si25. The molecule has 0 heterocycles. The van der Waals surface area contributed by atoms with Gasteiger partial charge in [-0.25, -0.2) is 4.79 Å². The largest absolute Gasteiger partial charge is 0.637 e. The maximum Gasteiger partial charge on any atom is 0.637 e. The summed E-state index contributed by atoms with van der Waals surface area (Å²) < 4.78 is 144. The van der Waals surface area contributed by atoms with Crippen molar-refractivity contribution in [2.45, 2.75) is 373 Å². The third-order valence-electron chi connectivity index (χ3n) is 12.1. The zero-order chi connectivity index (χ0) is 93.5. The molecule has 0 aromatic carbocycles. The van der Waals surface area contributed by atoms with Gasteiger partial charge in [-0.2, -0.15) is 0 Å². The lowest BCUT2D eigenvalue weighted by molar-refractivity contribution is -0.139. The van der Waals surface area contributed by atoms with Crippen LogP contribution in [0.2, 0.25) is 360 Å². The molecule has 0 unspecified atom stereocenters. The lowest BCUT2D eigenvalue weighted by Gasteiger charge is -2.46. The Morgan fingerprint density at radius 2 is 0.417 bits per heavy atom. The first-order chi connectivity index (χ1) is 49.4. The summed E-state index contributed by atoms with van der Waals surface area (Å²) in [5.41, 5.74) is 6.05. The summed E-state index contributed by atoms with van der Waals surface area (Å²) in [6.45, 7) is 133. The van der Waals surface area contributed by atoms with Gasteiger partial charge in [0, 0.05) is 38.3 Å². The minimum atomic E-state index is -3.37. The van der Waals surface area contributed by atoms with Crippen LogP contribution in [0.25, 0.3) is 0 Å². The van der Waals surface area contributed by atoms with Crippen molar-refractivity contribution < 1.29 is 95.9 Å². The second kappa shape index (κ2) is 45.0. The Hall–Kier alpha value is 3.01. The van der Waals surface area contributed by atoms with Crippen LogP contribution in [-0.2, 0) is 95.9 Å². The summed E-state index contributed by atoms with van der Waals surface area (Å²) >= 11 is 0. The smallest absolute Gasteiger partial charge is 0.462 e. The highest BCUT2D eigenvalue weighted by atomic mass is 28.6. The fourth-order valence-electron chi connectivity index (χ4n) is 10.8. The lowest BCUT2D eigenvalue weighted by Crippen LogP contribution is -2.68. The predicted molar refractivity (Wildman–Crippen MR) is 549 cm³/mol. The topological polar surface area (TPSA) is 220 Å². The van der Waals surface area contributed by atoms with Gasteiger partial charge in [0.2, 0.25) is 16.6 Å². The molecule has 0 aromatic rings. The molecule has 0 amide bonds. The maximum absolute atomic E-state index is 11.6. The van der Waals surface area contributed by atoms with E-state index in [1.165, 1.54) is 0 Å². The molecule has 0 radical (unpaired) electrons. The molecular weight excluding hydrogens is 1870 g/mol. The summed E-state index contributed by atoms with van der Waals surface area (Å²) in [7, 11) is -58.8. The van der Waals surface area contributed by atoms with E-state index in [-0.39, 0.29) is 5.97 Å². The molecule has 48 heteroatoms. The van der Waals surface area contributed by atoms with Crippen LogP contribution in [-0.4, -0.2) is 225 Å². The van der Waals surface area contributed by atoms with Crippen molar-refractivity contribution >= 4 is 218 Å². The first-order valence-corrected chi connectivity index (χ1v) is 114. The fraction of sp³-hybridized carbons (Fsp3) is 0.866. The molecule has 0 atom stereocenters. The van der Waals surface area contributed by atoms with Crippen molar-refractivity contribution in [2.24, 2.45) is 0 Å². The highest BCUT2D eigenvalue weighted by Gasteiger charge is 2.62. The van der Waals surface area contributed by atoms with E-state index in [9.17, 15) is 4.79 Å². The molecule has 0 saturated heterocycles. The molecule has 23 nitrogen and oxygen atoms in total. The van der Waals surface area contributed by atoms with Gasteiger partial charge < -0.3 is 91.2 Å². The molecule has 0 aliphatic carbocycles. The zero-order valence-electron chi connectivity index (χ0n) is 84.6. The van der Waals surface area contributed by atoms with Gasteiger partial charge in [-0.1, -0.05) is 23.7 Å². The average molecular weight is 2060 g/mol. The van der Waals surface area contributed by atoms with Crippen molar-refractivity contribution in [1.29, 1.82) is 0 Å². The van der Waals surface area contributed by atoms with E-state index in [0.29, 0.717) is 12.2 Å². The number of hydrogen-bond acceptors (Lipinski definition) is 23. The van der Waals surface area contributed by atoms with Gasteiger partial charge in [0.1, 0.15) is 0 Å². The zero-order valence-corrected chi connectivity index (χ0v) is 110. The Labute approximate surface area is 735 Å². The standard InChI is InChI=1S/C19H54O7Si8.C18H44O6Si5.C17H48O6Si7.C13H36O4Si5/c1-19-31(14,15)24-34(18,25-32(16,20-27(2,3)4)21-28(5,6)7)26-33(17,22-29(8,9)10)23-30(11,12)13;1-17(2)18(19)20-15-14-16-28(12,13)24-29(21-25(3,4)5,22-26(6,7)8)23-27(9,10)11;1-17-28(14,22-29(15,18-24(2,3)4)19-25(5,6)7)23-30(16,20-26(8,9)10)21-27(11,12)13;1-13-21(11,12)17-22(14-18(2,3)4,15-19(5,6)7)16-20(8,9)10/h19H,1H2,2-18H3;1,14-16H2,2-13H3;17H,1H2,2-16H3;13H,1H2,2-12H3. The second-order valence-corrected chi connectivity index (χ2v) is 146. The first-order valence-electron chi connectivity index (χ1n) is 40.8. The van der Waals surface area contributed by atoms with E-state index < -0.39 is 212 Å². The molecule has 0 bridgehead atoms. The van der Waals surface area contributed by atoms with Gasteiger partial charge in [0.05, 0.1) is 6.61 Å². The second-order valence-electron chi connectivity index (χ2n) is 45.6. The van der Waals surface area contributed by atoms with Gasteiger partial charge in [-0.3, -0.25) is 0 Å². The molecule has 0 fully saturated rings. The van der Waals surface area contributed by atoms with E-state index in [1.54, 1.807) is 6.92 Å². The number of ether oxygens (including phenoxy) is 1. The van der Waals surface area contributed by atoms with Crippen molar-refractivity contribution in [2.75, 3.05) is 6.61 Å². The number of carbonyl (C=O) groups excluding carboxylic acids is 1. The van der Waals surface area contributed by atoms with E-state index >= 15 is 0 Å². The summed E-state index contributed by atoms with van der Waals surface area (Å²) in [6.07, 6.45) is 0.732. The van der Waals surface area contributed by atoms with Crippen LogP contribution in [0.5, 0.6) is 0 Å². The summed E-state index contributed by atoms with van der Waals surface area (Å²) in [5, 5.41) is 0. The monoisotopic (exact) mass is 2050 g/mol. The molecule has 0 N–H and O–H groups in total. The van der Waals surface area contributed by atoms with Crippen LogP contribution in [0.15, 0.2) is 49.0 Å². The summed E-state index contributed by atoms with van der Waals surface area (Å²) in [5.74, 6) is -0.347. The van der Waals surface area contributed by atoms with Crippen LogP contribution >= 0.6 is 0 Å². The third kappa shape index (κ3) is 68.8. The number of hydrogen-bond donors (Lipinski definition) is 0. The van der Waals surface area contributed by atoms with Crippen molar-refractivity contribution in [3.8, 4) is 0 Å². The molecule has 688 valence electrons. The Morgan fingerprint density at radius 3 is 0.600 bits per heavy atom. The van der Waals surface area contributed by atoms with Crippen molar-refractivity contribution in [3.63, 3.8) is 0 Å². The van der Waals surface area contributed by atoms with Crippen molar-refractivity contribution in [3.05, 3.63) is 49.0 Å². The number of carbonyl (C=O) groups is 1.